The number of morpholine rings is 1. The fourth-order valence-corrected chi connectivity index (χ4v) is 3.84. The number of carbonyl (C=O) groups is 1. The molecule has 1 fully saturated rings. The van der Waals surface area contributed by atoms with Gasteiger partial charge in [-0.15, -0.1) is 0 Å². The third kappa shape index (κ3) is 3.02. The summed E-state index contributed by atoms with van der Waals surface area (Å²) in [7, 11) is 0. The van der Waals surface area contributed by atoms with Gasteiger partial charge in [0.25, 0.3) is 5.91 Å². The SMILES string of the molecule is O=C(c1ccc2nccc(-c3ccc4ccccc4c3)c2c1)N1CCOCC1. The van der Waals surface area contributed by atoms with E-state index in [1.807, 2.05) is 41.4 Å². The molecule has 4 aromatic rings. The molecule has 1 aliphatic heterocycles. The predicted molar refractivity (Wildman–Crippen MR) is 111 cm³/mol. The van der Waals surface area contributed by atoms with E-state index < -0.39 is 0 Å². The number of aromatic nitrogens is 1. The molecule has 0 aliphatic carbocycles. The highest BCUT2D eigenvalue weighted by Crippen LogP contribution is 2.30. The third-order valence-electron chi connectivity index (χ3n) is 5.35. The summed E-state index contributed by atoms with van der Waals surface area (Å²) >= 11 is 0. The second-order valence-electron chi connectivity index (χ2n) is 7.06. The van der Waals surface area contributed by atoms with Gasteiger partial charge in [0.2, 0.25) is 0 Å². The Hall–Kier alpha value is -3.24. The second kappa shape index (κ2) is 7.06. The van der Waals surface area contributed by atoms with Crippen molar-refractivity contribution in [1.29, 1.82) is 0 Å². The molecule has 138 valence electrons. The normalized spacial score (nSPS) is 14.5. The molecule has 28 heavy (non-hydrogen) atoms. The fraction of sp³-hybridized carbons (Fsp3) is 0.167. The smallest absolute Gasteiger partial charge is 0.254 e. The summed E-state index contributed by atoms with van der Waals surface area (Å²) in [6.45, 7) is 2.48. The molecule has 1 aromatic heterocycles. The van der Waals surface area contributed by atoms with Gasteiger partial charge in [0.05, 0.1) is 18.7 Å². The first-order valence-electron chi connectivity index (χ1n) is 9.54. The van der Waals surface area contributed by atoms with Gasteiger partial charge in [0.1, 0.15) is 0 Å². The number of carbonyl (C=O) groups excluding carboxylic acids is 1. The van der Waals surface area contributed by atoms with E-state index in [1.165, 1.54) is 10.8 Å². The van der Waals surface area contributed by atoms with E-state index in [4.69, 9.17) is 4.74 Å². The molecule has 1 amide bonds. The zero-order valence-corrected chi connectivity index (χ0v) is 15.5. The van der Waals surface area contributed by atoms with Crippen molar-refractivity contribution in [2.75, 3.05) is 26.3 Å². The zero-order chi connectivity index (χ0) is 18.9. The molecule has 0 N–H and O–H groups in total. The summed E-state index contributed by atoms with van der Waals surface area (Å²) in [5.74, 6) is 0.0542. The lowest BCUT2D eigenvalue weighted by Gasteiger charge is -2.27. The van der Waals surface area contributed by atoms with Crippen LogP contribution in [-0.2, 0) is 4.74 Å². The van der Waals surface area contributed by atoms with Crippen LogP contribution in [0, 0.1) is 0 Å². The highest BCUT2D eigenvalue weighted by molar-refractivity contribution is 6.03. The zero-order valence-electron chi connectivity index (χ0n) is 15.5. The number of amides is 1. The molecular formula is C24H20N2O2. The monoisotopic (exact) mass is 368 g/mol. The summed E-state index contributed by atoms with van der Waals surface area (Å²) < 4.78 is 5.36. The van der Waals surface area contributed by atoms with Gasteiger partial charge in [-0.25, -0.2) is 0 Å². The van der Waals surface area contributed by atoms with Crippen molar-refractivity contribution in [2.45, 2.75) is 0 Å². The molecule has 2 heterocycles. The average Bonchev–Trinajstić information content (AvgIpc) is 2.78. The van der Waals surface area contributed by atoms with Crippen molar-refractivity contribution in [3.8, 4) is 11.1 Å². The maximum atomic E-state index is 12.9. The van der Waals surface area contributed by atoms with Crippen LogP contribution < -0.4 is 0 Å². The summed E-state index contributed by atoms with van der Waals surface area (Å²) in [6, 6.07) is 22.6. The van der Waals surface area contributed by atoms with Gasteiger partial charge >= 0.3 is 0 Å². The van der Waals surface area contributed by atoms with Gasteiger partial charge in [-0.05, 0) is 52.2 Å². The predicted octanol–water partition coefficient (Wildman–Crippen LogP) is 4.53. The summed E-state index contributed by atoms with van der Waals surface area (Å²) in [5.41, 5.74) is 3.81. The number of hydrogen-bond acceptors (Lipinski definition) is 3. The maximum Gasteiger partial charge on any atom is 0.254 e. The van der Waals surface area contributed by atoms with E-state index in [0.717, 1.165) is 22.0 Å². The summed E-state index contributed by atoms with van der Waals surface area (Å²) in [4.78, 5) is 19.3. The molecule has 3 aromatic carbocycles. The van der Waals surface area contributed by atoms with Crippen LogP contribution in [0.25, 0.3) is 32.8 Å². The van der Waals surface area contributed by atoms with Gasteiger partial charge in [-0.1, -0.05) is 36.4 Å². The highest BCUT2D eigenvalue weighted by Gasteiger charge is 2.19. The molecule has 0 spiro atoms. The molecule has 5 rings (SSSR count). The number of hydrogen-bond donors (Lipinski definition) is 0. The average molecular weight is 368 g/mol. The molecule has 0 atom stereocenters. The third-order valence-corrected chi connectivity index (χ3v) is 5.35. The topological polar surface area (TPSA) is 42.4 Å². The van der Waals surface area contributed by atoms with E-state index in [9.17, 15) is 4.79 Å². The quantitative estimate of drug-likeness (QED) is 0.522. The lowest BCUT2D eigenvalue weighted by Crippen LogP contribution is -2.40. The molecular weight excluding hydrogens is 348 g/mol. The summed E-state index contributed by atoms with van der Waals surface area (Å²) in [6.07, 6.45) is 1.83. The van der Waals surface area contributed by atoms with E-state index >= 15 is 0 Å². The molecule has 0 unspecified atom stereocenters. The molecule has 0 radical (unpaired) electrons. The van der Waals surface area contributed by atoms with Crippen LogP contribution in [-0.4, -0.2) is 42.1 Å². The van der Waals surface area contributed by atoms with Crippen molar-refractivity contribution in [3.63, 3.8) is 0 Å². The van der Waals surface area contributed by atoms with Gasteiger partial charge < -0.3 is 9.64 Å². The number of pyridine rings is 1. The molecule has 0 saturated carbocycles. The van der Waals surface area contributed by atoms with Crippen LogP contribution in [0.1, 0.15) is 10.4 Å². The lowest BCUT2D eigenvalue weighted by atomic mass is 9.97. The number of rotatable bonds is 2. The summed E-state index contributed by atoms with van der Waals surface area (Å²) in [5, 5.41) is 3.41. The second-order valence-corrected chi connectivity index (χ2v) is 7.06. The maximum absolute atomic E-state index is 12.9. The van der Waals surface area contributed by atoms with Crippen LogP contribution in [0.4, 0.5) is 0 Å². The minimum atomic E-state index is 0.0542. The number of fused-ring (bicyclic) bond motifs is 2. The van der Waals surface area contributed by atoms with Crippen LogP contribution in [0.3, 0.4) is 0 Å². The van der Waals surface area contributed by atoms with Crippen molar-refractivity contribution < 1.29 is 9.53 Å². The Morgan fingerprint density at radius 2 is 1.71 bits per heavy atom. The van der Waals surface area contributed by atoms with E-state index in [0.29, 0.717) is 31.9 Å². The van der Waals surface area contributed by atoms with Gasteiger partial charge in [0, 0.05) is 30.2 Å². The van der Waals surface area contributed by atoms with Crippen LogP contribution >= 0.6 is 0 Å². The Morgan fingerprint density at radius 1 is 0.893 bits per heavy atom. The van der Waals surface area contributed by atoms with Crippen molar-refractivity contribution in [2.24, 2.45) is 0 Å². The van der Waals surface area contributed by atoms with E-state index in [-0.39, 0.29) is 5.91 Å². The lowest BCUT2D eigenvalue weighted by molar-refractivity contribution is 0.0303. The minimum absolute atomic E-state index is 0.0542. The minimum Gasteiger partial charge on any atom is -0.378 e. The van der Waals surface area contributed by atoms with Crippen LogP contribution in [0.2, 0.25) is 0 Å². The van der Waals surface area contributed by atoms with Gasteiger partial charge in [-0.2, -0.15) is 0 Å². The van der Waals surface area contributed by atoms with Crippen molar-refractivity contribution in [1.82, 2.24) is 9.88 Å². The number of ether oxygens (including phenoxy) is 1. The number of nitrogens with zero attached hydrogens (tertiary/aromatic N) is 2. The standard InChI is InChI=1S/C24H20N2O2/c27-24(26-11-13-28-14-12-26)20-7-8-23-22(16-20)21(9-10-25-23)19-6-5-17-3-1-2-4-18(17)15-19/h1-10,15-16H,11-14H2. The Morgan fingerprint density at radius 3 is 2.57 bits per heavy atom. The molecule has 1 aliphatic rings. The molecule has 0 bridgehead atoms. The first kappa shape index (κ1) is 16.9. The first-order valence-corrected chi connectivity index (χ1v) is 9.54. The molecule has 4 nitrogen and oxygen atoms in total. The van der Waals surface area contributed by atoms with Crippen LogP contribution in [0.15, 0.2) is 72.9 Å². The van der Waals surface area contributed by atoms with Gasteiger partial charge in [0.15, 0.2) is 0 Å². The Balaban J connectivity index is 1.61. The van der Waals surface area contributed by atoms with Gasteiger partial charge in [-0.3, -0.25) is 9.78 Å². The first-order chi connectivity index (χ1) is 13.8. The Bertz CT molecular complexity index is 1180. The fourth-order valence-electron chi connectivity index (χ4n) is 3.84. The van der Waals surface area contributed by atoms with Crippen molar-refractivity contribution >= 4 is 27.6 Å². The molecule has 1 saturated heterocycles. The Labute approximate surface area is 163 Å². The van der Waals surface area contributed by atoms with Crippen LogP contribution in [0.5, 0.6) is 0 Å². The van der Waals surface area contributed by atoms with E-state index in [2.05, 4.69) is 41.4 Å². The molecule has 4 heteroatoms. The highest BCUT2D eigenvalue weighted by atomic mass is 16.5. The van der Waals surface area contributed by atoms with Crippen molar-refractivity contribution in [3.05, 3.63) is 78.5 Å². The number of benzene rings is 3. The Kier molecular flexibility index (Phi) is 4.26. The van der Waals surface area contributed by atoms with E-state index in [1.54, 1.807) is 0 Å². The largest absolute Gasteiger partial charge is 0.378 e.